The predicted molar refractivity (Wildman–Crippen MR) is 79.9 cm³/mol. The molecule has 0 radical (unpaired) electrons. The van der Waals surface area contributed by atoms with E-state index in [4.69, 9.17) is 14.3 Å². The minimum atomic E-state index is -1.07. The first-order valence-electron chi connectivity index (χ1n) is 7.06. The molecule has 1 aromatic carbocycles. The molecule has 0 aliphatic rings. The first-order chi connectivity index (χ1) is 10.0. The number of aromatic carboxylic acids is 1. The quantitative estimate of drug-likeness (QED) is 0.857. The molecule has 1 aromatic heterocycles. The van der Waals surface area contributed by atoms with E-state index < -0.39 is 5.97 Å². The Hall–Kier alpha value is -2.23. The summed E-state index contributed by atoms with van der Waals surface area (Å²) in [5.74, 6) is 0.747. The lowest BCUT2D eigenvalue weighted by molar-refractivity contribution is 0.0661. The molecule has 1 heterocycles. The molecule has 1 N–H and O–H groups in total. The SMILES string of the molecule is CCC(C)c1ccc(OCc2cc(C(=O)O)oc2C)cc1. The van der Waals surface area contributed by atoms with Crippen molar-refractivity contribution in [1.29, 1.82) is 0 Å². The number of hydrogen-bond donors (Lipinski definition) is 1. The molecule has 4 nitrogen and oxygen atoms in total. The zero-order chi connectivity index (χ0) is 15.4. The summed E-state index contributed by atoms with van der Waals surface area (Å²) in [6.45, 7) is 6.39. The molecule has 1 atom stereocenters. The highest BCUT2D eigenvalue weighted by Gasteiger charge is 2.13. The average molecular weight is 288 g/mol. The summed E-state index contributed by atoms with van der Waals surface area (Å²) in [5, 5.41) is 8.88. The predicted octanol–water partition coefficient (Wildman–Crippen LogP) is 4.38. The summed E-state index contributed by atoms with van der Waals surface area (Å²) in [5.41, 5.74) is 2.04. The maximum atomic E-state index is 10.8. The van der Waals surface area contributed by atoms with Gasteiger partial charge in [0.05, 0.1) is 0 Å². The summed E-state index contributed by atoms with van der Waals surface area (Å²) in [6, 6.07) is 9.51. The molecule has 0 fully saturated rings. The first kappa shape index (κ1) is 15.2. The Labute approximate surface area is 124 Å². The van der Waals surface area contributed by atoms with Gasteiger partial charge in [0.2, 0.25) is 5.76 Å². The Morgan fingerprint density at radius 3 is 2.52 bits per heavy atom. The van der Waals surface area contributed by atoms with Gasteiger partial charge in [0.25, 0.3) is 0 Å². The number of hydrogen-bond acceptors (Lipinski definition) is 3. The number of ether oxygens (including phenoxy) is 1. The van der Waals surface area contributed by atoms with Crippen molar-refractivity contribution in [2.45, 2.75) is 39.7 Å². The topological polar surface area (TPSA) is 59.7 Å². The Bertz CT molecular complexity index is 610. The smallest absolute Gasteiger partial charge is 0.371 e. The fourth-order valence-corrected chi connectivity index (χ4v) is 2.06. The second-order valence-electron chi connectivity index (χ2n) is 5.16. The van der Waals surface area contributed by atoms with Gasteiger partial charge in [-0.05, 0) is 43.0 Å². The lowest BCUT2D eigenvalue weighted by atomic mass is 9.99. The molecule has 2 rings (SSSR count). The lowest BCUT2D eigenvalue weighted by Gasteiger charge is -2.10. The van der Waals surface area contributed by atoms with Crippen LogP contribution >= 0.6 is 0 Å². The Morgan fingerprint density at radius 1 is 1.33 bits per heavy atom. The van der Waals surface area contributed by atoms with Crippen molar-refractivity contribution in [2.75, 3.05) is 0 Å². The van der Waals surface area contributed by atoms with Crippen molar-refractivity contribution in [2.24, 2.45) is 0 Å². The van der Waals surface area contributed by atoms with E-state index in [1.807, 2.05) is 12.1 Å². The molecule has 0 saturated carbocycles. The number of carbonyl (C=O) groups is 1. The summed E-state index contributed by atoms with van der Waals surface area (Å²) in [4.78, 5) is 10.8. The third-order valence-electron chi connectivity index (χ3n) is 3.69. The third-order valence-corrected chi connectivity index (χ3v) is 3.69. The van der Waals surface area contributed by atoms with E-state index in [0.717, 1.165) is 17.7 Å². The van der Waals surface area contributed by atoms with Crippen LogP contribution in [0.5, 0.6) is 5.75 Å². The minimum absolute atomic E-state index is 0.0572. The minimum Gasteiger partial charge on any atom is -0.489 e. The molecule has 21 heavy (non-hydrogen) atoms. The number of furan rings is 1. The fraction of sp³-hybridized carbons (Fsp3) is 0.353. The molecule has 0 amide bonds. The van der Waals surface area contributed by atoms with Gasteiger partial charge in [-0.2, -0.15) is 0 Å². The van der Waals surface area contributed by atoms with Crippen LogP contribution in [0.1, 0.15) is 53.6 Å². The summed E-state index contributed by atoms with van der Waals surface area (Å²) in [7, 11) is 0. The molecule has 0 bridgehead atoms. The van der Waals surface area contributed by atoms with Crippen molar-refractivity contribution in [3.63, 3.8) is 0 Å². The van der Waals surface area contributed by atoms with E-state index in [2.05, 4.69) is 26.0 Å². The number of rotatable bonds is 6. The van der Waals surface area contributed by atoms with E-state index in [0.29, 0.717) is 18.3 Å². The second-order valence-corrected chi connectivity index (χ2v) is 5.16. The molecule has 2 aromatic rings. The number of aryl methyl sites for hydroxylation is 1. The highest BCUT2D eigenvalue weighted by molar-refractivity contribution is 5.84. The molecule has 1 unspecified atom stereocenters. The zero-order valence-corrected chi connectivity index (χ0v) is 12.6. The van der Waals surface area contributed by atoms with Gasteiger partial charge in [-0.15, -0.1) is 0 Å². The van der Waals surface area contributed by atoms with Crippen LogP contribution in [0.4, 0.5) is 0 Å². The molecule has 0 aliphatic carbocycles. The van der Waals surface area contributed by atoms with E-state index in [1.165, 1.54) is 11.6 Å². The van der Waals surface area contributed by atoms with Crippen LogP contribution in [-0.4, -0.2) is 11.1 Å². The number of benzene rings is 1. The van der Waals surface area contributed by atoms with Crippen LogP contribution < -0.4 is 4.74 Å². The third kappa shape index (κ3) is 3.66. The lowest BCUT2D eigenvalue weighted by Crippen LogP contribution is -1.97. The Balaban J connectivity index is 2.01. The van der Waals surface area contributed by atoms with E-state index in [9.17, 15) is 4.79 Å². The van der Waals surface area contributed by atoms with Gasteiger partial charge in [-0.25, -0.2) is 4.79 Å². The zero-order valence-electron chi connectivity index (χ0n) is 12.6. The van der Waals surface area contributed by atoms with Gasteiger partial charge in [0.1, 0.15) is 18.1 Å². The molecule has 4 heteroatoms. The van der Waals surface area contributed by atoms with Crippen LogP contribution in [0.25, 0.3) is 0 Å². The molecular formula is C17H20O4. The van der Waals surface area contributed by atoms with Crippen molar-refractivity contribution < 1.29 is 19.1 Å². The van der Waals surface area contributed by atoms with E-state index >= 15 is 0 Å². The first-order valence-corrected chi connectivity index (χ1v) is 7.06. The molecule has 112 valence electrons. The van der Waals surface area contributed by atoms with Crippen molar-refractivity contribution in [1.82, 2.24) is 0 Å². The van der Waals surface area contributed by atoms with Gasteiger partial charge >= 0.3 is 5.97 Å². The van der Waals surface area contributed by atoms with E-state index in [1.54, 1.807) is 6.92 Å². The highest BCUT2D eigenvalue weighted by atomic mass is 16.5. The monoisotopic (exact) mass is 288 g/mol. The van der Waals surface area contributed by atoms with Crippen LogP contribution in [-0.2, 0) is 6.61 Å². The maximum absolute atomic E-state index is 10.8. The standard InChI is InChI=1S/C17H20O4/c1-4-11(2)13-5-7-15(8-6-13)20-10-14-9-16(17(18)19)21-12(14)3/h5-9,11H,4,10H2,1-3H3,(H,18,19). The van der Waals surface area contributed by atoms with Gasteiger partial charge in [-0.1, -0.05) is 26.0 Å². The average Bonchev–Trinajstić information content (AvgIpc) is 2.86. The normalized spacial score (nSPS) is 12.1. The van der Waals surface area contributed by atoms with Gasteiger partial charge in [-0.3, -0.25) is 0 Å². The number of carboxylic acid groups (broad SMARTS) is 1. The summed E-state index contributed by atoms with van der Waals surface area (Å²) >= 11 is 0. The maximum Gasteiger partial charge on any atom is 0.371 e. The summed E-state index contributed by atoms with van der Waals surface area (Å²) < 4.78 is 10.8. The second kappa shape index (κ2) is 6.48. The van der Waals surface area contributed by atoms with E-state index in [-0.39, 0.29) is 5.76 Å². The van der Waals surface area contributed by atoms with Crippen LogP contribution in [0, 0.1) is 6.92 Å². The van der Waals surface area contributed by atoms with Crippen molar-refractivity contribution in [3.8, 4) is 5.75 Å². The highest BCUT2D eigenvalue weighted by Crippen LogP contribution is 2.23. The largest absolute Gasteiger partial charge is 0.489 e. The van der Waals surface area contributed by atoms with Gasteiger partial charge in [0, 0.05) is 5.56 Å². The summed E-state index contributed by atoms with van der Waals surface area (Å²) in [6.07, 6.45) is 1.10. The van der Waals surface area contributed by atoms with Gasteiger partial charge < -0.3 is 14.3 Å². The molecule has 0 spiro atoms. The van der Waals surface area contributed by atoms with Crippen molar-refractivity contribution >= 4 is 5.97 Å². The molecular weight excluding hydrogens is 268 g/mol. The number of carboxylic acids is 1. The van der Waals surface area contributed by atoms with Crippen molar-refractivity contribution in [3.05, 3.63) is 53.0 Å². The molecule has 0 aliphatic heterocycles. The van der Waals surface area contributed by atoms with Crippen LogP contribution in [0.15, 0.2) is 34.7 Å². The Kier molecular flexibility index (Phi) is 4.68. The van der Waals surface area contributed by atoms with Crippen LogP contribution in [0.2, 0.25) is 0 Å². The Morgan fingerprint density at radius 2 is 2.00 bits per heavy atom. The fourth-order valence-electron chi connectivity index (χ4n) is 2.06. The van der Waals surface area contributed by atoms with Crippen LogP contribution in [0.3, 0.4) is 0 Å². The van der Waals surface area contributed by atoms with Gasteiger partial charge in [0.15, 0.2) is 0 Å². The molecule has 0 saturated heterocycles.